The van der Waals surface area contributed by atoms with Crippen molar-refractivity contribution in [1.82, 2.24) is 10.2 Å². The molecule has 1 aliphatic heterocycles. The van der Waals surface area contributed by atoms with Crippen molar-refractivity contribution >= 4 is 5.97 Å². The van der Waals surface area contributed by atoms with Crippen LogP contribution in [0.1, 0.15) is 39.0 Å². The number of nitrogens with one attached hydrogen (secondary N) is 1. The van der Waals surface area contributed by atoms with Crippen LogP contribution in [-0.2, 0) is 9.53 Å². The van der Waals surface area contributed by atoms with Crippen LogP contribution in [0.15, 0.2) is 0 Å². The van der Waals surface area contributed by atoms with Crippen LogP contribution in [0.5, 0.6) is 0 Å². The fraction of sp³-hybridized carbons (Fsp3) is 0.923. The Kier molecular flexibility index (Phi) is 7.21. The van der Waals surface area contributed by atoms with Crippen LogP contribution in [0, 0.1) is 0 Å². The van der Waals surface area contributed by atoms with Gasteiger partial charge in [-0.3, -0.25) is 4.79 Å². The molecule has 1 saturated heterocycles. The maximum Gasteiger partial charge on any atom is 0.305 e. The Morgan fingerprint density at radius 1 is 1.41 bits per heavy atom. The van der Waals surface area contributed by atoms with E-state index in [-0.39, 0.29) is 5.97 Å². The highest BCUT2D eigenvalue weighted by Gasteiger charge is 2.15. The lowest BCUT2D eigenvalue weighted by Crippen LogP contribution is -2.31. The lowest BCUT2D eigenvalue weighted by atomic mass is 10.1. The summed E-state index contributed by atoms with van der Waals surface area (Å²) in [5.74, 6) is -0.107. The van der Waals surface area contributed by atoms with Crippen LogP contribution in [0.2, 0.25) is 0 Å². The molecule has 100 valence electrons. The molecule has 0 spiro atoms. The number of esters is 1. The molecule has 4 heteroatoms. The van der Waals surface area contributed by atoms with Crippen LogP contribution in [0.3, 0.4) is 0 Å². The number of ether oxygens (including phenoxy) is 1. The van der Waals surface area contributed by atoms with Crippen molar-refractivity contribution in [3.63, 3.8) is 0 Å². The second-order valence-corrected chi connectivity index (χ2v) is 4.70. The summed E-state index contributed by atoms with van der Waals surface area (Å²) in [7, 11) is 1.44. The summed E-state index contributed by atoms with van der Waals surface area (Å²) < 4.78 is 4.62. The zero-order valence-electron chi connectivity index (χ0n) is 11.2. The molecule has 17 heavy (non-hydrogen) atoms. The number of carbonyl (C=O) groups excluding carboxylic acids is 1. The number of carbonyl (C=O) groups is 1. The first kappa shape index (κ1) is 14.5. The molecular weight excluding hydrogens is 216 g/mol. The van der Waals surface area contributed by atoms with Gasteiger partial charge in [0.25, 0.3) is 0 Å². The topological polar surface area (TPSA) is 41.6 Å². The lowest BCUT2D eigenvalue weighted by Gasteiger charge is -2.18. The molecule has 1 unspecified atom stereocenters. The van der Waals surface area contributed by atoms with Crippen molar-refractivity contribution < 1.29 is 9.53 Å². The highest BCUT2D eigenvalue weighted by molar-refractivity contribution is 5.69. The zero-order chi connectivity index (χ0) is 12.5. The fourth-order valence-electron chi connectivity index (χ4n) is 2.32. The number of hydrogen-bond acceptors (Lipinski definition) is 4. The summed E-state index contributed by atoms with van der Waals surface area (Å²) in [5.41, 5.74) is 0. The van der Waals surface area contributed by atoms with Crippen molar-refractivity contribution in [3.8, 4) is 0 Å². The molecule has 0 bridgehead atoms. The van der Waals surface area contributed by atoms with E-state index in [1.54, 1.807) is 0 Å². The monoisotopic (exact) mass is 242 g/mol. The summed E-state index contributed by atoms with van der Waals surface area (Å²) in [4.78, 5) is 13.5. The third-order valence-electron chi connectivity index (χ3n) is 3.49. The molecule has 1 aliphatic rings. The lowest BCUT2D eigenvalue weighted by molar-refractivity contribution is -0.140. The predicted molar refractivity (Wildman–Crippen MR) is 69.0 cm³/mol. The summed E-state index contributed by atoms with van der Waals surface area (Å²) >= 11 is 0. The van der Waals surface area contributed by atoms with Crippen LogP contribution in [-0.4, -0.2) is 50.2 Å². The first-order chi connectivity index (χ1) is 8.26. The molecule has 1 rings (SSSR count). The summed E-state index contributed by atoms with van der Waals surface area (Å²) in [6, 6.07) is 0.629. The van der Waals surface area contributed by atoms with Gasteiger partial charge in [-0.25, -0.2) is 0 Å². The van der Waals surface area contributed by atoms with Gasteiger partial charge in [0.2, 0.25) is 0 Å². The minimum Gasteiger partial charge on any atom is -0.469 e. The van der Waals surface area contributed by atoms with Crippen LogP contribution >= 0.6 is 0 Å². The van der Waals surface area contributed by atoms with Gasteiger partial charge in [0.1, 0.15) is 0 Å². The van der Waals surface area contributed by atoms with Gasteiger partial charge in [0.05, 0.1) is 7.11 Å². The maximum atomic E-state index is 10.9. The number of rotatable bonds is 6. The van der Waals surface area contributed by atoms with Crippen LogP contribution < -0.4 is 5.32 Å². The molecule has 4 nitrogen and oxygen atoms in total. The third kappa shape index (κ3) is 6.03. The van der Waals surface area contributed by atoms with Gasteiger partial charge in [0.15, 0.2) is 0 Å². The third-order valence-corrected chi connectivity index (χ3v) is 3.49. The minimum absolute atomic E-state index is 0.107. The van der Waals surface area contributed by atoms with E-state index in [1.807, 2.05) is 0 Å². The van der Waals surface area contributed by atoms with Gasteiger partial charge >= 0.3 is 5.97 Å². The first-order valence-electron chi connectivity index (χ1n) is 6.78. The Morgan fingerprint density at radius 3 is 2.94 bits per heavy atom. The predicted octanol–water partition coefficient (Wildman–Crippen LogP) is 1.40. The molecule has 0 aromatic carbocycles. The smallest absolute Gasteiger partial charge is 0.305 e. The number of nitrogens with zero attached hydrogens (tertiary/aromatic N) is 1. The SMILES string of the molecule is CCN1CCCC(NCCCC(=O)OC)CC1. The minimum atomic E-state index is -0.107. The molecule has 0 aromatic heterocycles. The van der Waals surface area contributed by atoms with Gasteiger partial charge in [-0.15, -0.1) is 0 Å². The van der Waals surface area contributed by atoms with E-state index in [9.17, 15) is 4.79 Å². The van der Waals surface area contributed by atoms with Gasteiger partial charge in [0, 0.05) is 12.5 Å². The molecule has 0 aliphatic carbocycles. The molecule has 1 N–H and O–H groups in total. The Morgan fingerprint density at radius 2 is 2.24 bits per heavy atom. The Bertz CT molecular complexity index is 221. The molecule has 0 aromatic rings. The quantitative estimate of drug-likeness (QED) is 0.565. The van der Waals surface area contributed by atoms with Crippen LogP contribution in [0.4, 0.5) is 0 Å². The first-order valence-corrected chi connectivity index (χ1v) is 6.78. The van der Waals surface area contributed by atoms with Crippen LogP contribution in [0.25, 0.3) is 0 Å². The average Bonchev–Trinajstić information content (AvgIpc) is 2.59. The largest absolute Gasteiger partial charge is 0.469 e. The standard InChI is InChI=1S/C13H26N2O2/c1-3-15-10-5-6-12(8-11-15)14-9-4-7-13(16)17-2/h12,14H,3-11H2,1-2H3. The van der Waals surface area contributed by atoms with Gasteiger partial charge in [-0.1, -0.05) is 6.92 Å². The van der Waals surface area contributed by atoms with Crippen molar-refractivity contribution in [1.29, 1.82) is 0 Å². The number of hydrogen-bond donors (Lipinski definition) is 1. The fourth-order valence-corrected chi connectivity index (χ4v) is 2.32. The number of methoxy groups -OCH3 is 1. The Hall–Kier alpha value is -0.610. The van der Waals surface area contributed by atoms with E-state index in [4.69, 9.17) is 0 Å². The molecule has 1 heterocycles. The van der Waals surface area contributed by atoms with Crippen molar-refractivity contribution in [2.75, 3.05) is 33.3 Å². The van der Waals surface area contributed by atoms with Gasteiger partial charge in [-0.05, 0) is 51.9 Å². The molecule has 1 atom stereocenters. The highest BCUT2D eigenvalue weighted by Crippen LogP contribution is 2.10. The van der Waals surface area contributed by atoms with E-state index < -0.39 is 0 Å². The summed E-state index contributed by atoms with van der Waals surface area (Å²) in [6.45, 7) is 6.74. The highest BCUT2D eigenvalue weighted by atomic mass is 16.5. The summed E-state index contributed by atoms with van der Waals surface area (Å²) in [5, 5.41) is 3.55. The van der Waals surface area contributed by atoms with Gasteiger partial charge < -0.3 is 15.0 Å². The molecular formula is C13H26N2O2. The van der Waals surface area contributed by atoms with E-state index in [2.05, 4.69) is 21.9 Å². The second kappa shape index (κ2) is 8.48. The number of likely N-dealkylation sites (tertiary alicyclic amines) is 1. The van der Waals surface area contributed by atoms with E-state index in [0.717, 1.165) is 19.5 Å². The maximum absolute atomic E-state index is 10.9. The van der Waals surface area contributed by atoms with Crippen molar-refractivity contribution in [2.24, 2.45) is 0 Å². The molecule has 1 fully saturated rings. The van der Waals surface area contributed by atoms with E-state index in [0.29, 0.717) is 12.5 Å². The Labute approximate surface area is 105 Å². The Balaban J connectivity index is 2.08. The van der Waals surface area contributed by atoms with Crippen molar-refractivity contribution in [2.45, 2.75) is 45.1 Å². The van der Waals surface area contributed by atoms with Crippen molar-refractivity contribution in [3.05, 3.63) is 0 Å². The second-order valence-electron chi connectivity index (χ2n) is 4.70. The molecule has 0 amide bonds. The summed E-state index contributed by atoms with van der Waals surface area (Å²) in [6.07, 6.45) is 5.17. The normalized spacial score (nSPS) is 22.1. The van der Waals surface area contributed by atoms with E-state index >= 15 is 0 Å². The van der Waals surface area contributed by atoms with Gasteiger partial charge in [-0.2, -0.15) is 0 Å². The molecule has 0 radical (unpaired) electrons. The molecule has 0 saturated carbocycles. The van der Waals surface area contributed by atoms with E-state index in [1.165, 1.54) is 39.5 Å². The average molecular weight is 242 g/mol. The zero-order valence-corrected chi connectivity index (χ0v) is 11.2.